The minimum Gasteiger partial charge on any atom is -0.467 e. The lowest BCUT2D eigenvalue weighted by molar-refractivity contribution is -0.132. The molecular formula is C22H23N3O4S2. The van der Waals surface area contributed by atoms with Gasteiger partial charge in [-0.15, -0.1) is 11.3 Å². The molecule has 31 heavy (non-hydrogen) atoms. The van der Waals surface area contributed by atoms with Crippen LogP contribution in [0.5, 0.6) is 0 Å². The Morgan fingerprint density at radius 2 is 2.03 bits per heavy atom. The van der Waals surface area contributed by atoms with Crippen LogP contribution < -0.4 is 5.32 Å². The summed E-state index contributed by atoms with van der Waals surface area (Å²) in [5, 5.41) is 11.3. The normalized spacial score (nSPS) is 17.5. The molecule has 0 saturated carbocycles. The van der Waals surface area contributed by atoms with Gasteiger partial charge in [0, 0.05) is 18.7 Å². The van der Waals surface area contributed by atoms with Crippen LogP contribution in [-0.4, -0.2) is 37.8 Å². The van der Waals surface area contributed by atoms with E-state index < -0.39 is 9.84 Å². The molecule has 1 aromatic carbocycles. The van der Waals surface area contributed by atoms with Crippen LogP contribution in [0.3, 0.4) is 0 Å². The lowest BCUT2D eigenvalue weighted by Crippen LogP contribution is -2.36. The van der Waals surface area contributed by atoms with Gasteiger partial charge in [-0.1, -0.05) is 18.2 Å². The maximum absolute atomic E-state index is 13.0. The number of carbonyl (C=O) groups excluding carboxylic acids is 1. The Kier molecular flexibility index (Phi) is 6.08. The van der Waals surface area contributed by atoms with Crippen LogP contribution in [0, 0.1) is 0 Å². The van der Waals surface area contributed by atoms with Gasteiger partial charge in [0.1, 0.15) is 11.8 Å². The summed E-state index contributed by atoms with van der Waals surface area (Å²) in [5.41, 5.74) is 1.76. The average molecular weight is 458 g/mol. The summed E-state index contributed by atoms with van der Waals surface area (Å²) in [6, 6.07) is 13.9. The van der Waals surface area contributed by atoms with E-state index in [1.165, 1.54) is 11.3 Å². The topological polar surface area (TPSA) is 92.0 Å². The van der Waals surface area contributed by atoms with Crippen molar-refractivity contribution in [3.63, 3.8) is 0 Å². The Bertz CT molecular complexity index is 1170. The number of benzene rings is 1. The van der Waals surface area contributed by atoms with Crippen LogP contribution in [0.4, 0.5) is 0 Å². The summed E-state index contributed by atoms with van der Waals surface area (Å²) in [6.07, 6.45) is 3.38. The fourth-order valence-corrected chi connectivity index (χ4v) is 4.83. The van der Waals surface area contributed by atoms with Crippen molar-refractivity contribution in [2.24, 2.45) is 5.10 Å². The molecule has 9 heteroatoms. The molecule has 3 aromatic rings. The molecule has 0 bridgehead atoms. The summed E-state index contributed by atoms with van der Waals surface area (Å²) < 4.78 is 28.8. The Labute approximate surface area is 185 Å². The first-order valence-corrected chi connectivity index (χ1v) is 12.6. The van der Waals surface area contributed by atoms with E-state index in [4.69, 9.17) is 4.42 Å². The number of hydrogen-bond donors (Lipinski definition) is 1. The summed E-state index contributed by atoms with van der Waals surface area (Å²) in [4.78, 5) is 14.3. The molecule has 0 radical (unpaired) electrons. The predicted molar refractivity (Wildman–Crippen MR) is 120 cm³/mol. The maximum atomic E-state index is 13.0. The fourth-order valence-electron chi connectivity index (χ4n) is 3.48. The lowest BCUT2D eigenvalue weighted by Gasteiger charge is -2.21. The van der Waals surface area contributed by atoms with Crippen molar-refractivity contribution in [2.75, 3.05) is 12.8 Å². The van der Waals surface area contributed by atoms with Gasteiger partial charge in [-0.2, -0.15) is 5.10 Å². The molecule has 1 amide bonds. The minimum absolute atomic E-state index is 0.0907. The van der Waals surface area contributed by atoms with E-state index in [0.717, 1.165) is 16.2 Å². The molecule has 0 unspecified atom stereocenters. The van der Waals surface area contributed by atoms with Gasteiger partial charge >= 0.3 is 0 Å². The third-order valence-electron chi connectivity index (χ3n) is 5.21. The van der Waals surface area contributed by atoms with E-state index in [9.17, 15) is 13.2 Å². The second-order valence-electron chi connectivity index (χ2n) is 7.44. The van der Waals surface area contributed by atoms with E-state index in [1.54, 1.807) is 41.9 Å². The molecular weight excluding hydrogens is 434 g/mol. The van der Waals surface area contributed by atoms with Gasteiger partial charge in [-0.25, -0.2) is 13.4 Å². The van der Waals surface area contributed by atoms with Crippen molar-refractivity contribution < 1.29 is 17.6 Å². The van der Waals surface area contributed by atoms with Crippen molar-refractivity contribution in [1.29, 1.82) is 0 Å². The number of furan rings is 1. The van der Waals surface area contributed by atoms with Crippen molar-refractivity contribution in [3.05, 3.63) is 76.4 Å². The quantitative estimate of drug-likeness (QED) is 0.583. The summed E-state index contributed by atoms with van der Waals surface area (Å²) in [7, 11) is -3.24. The Hall–Kier alpha value is -2.75. The zero-order valence-electron chi connectivity index (χ0n) is 17.2. The number of hydrazone groups is 1. The number of hydrogen-bond acceptors (Lipinski definition) is 7. The number of thiophene rings is 1. The second-order valence-corrected chi connectivity index (χ2v) is 10.4. The van der Waals surface area contributed by atoms with Crippen molar-refractivity contribution in [2.45, 2.75) is 30.3 Å². The fraction of sp³-hybridized carbons (Fsp3) is 0.273. The zero-order chi connectivity index (χ0) is 22.0. The van der Waals surface area contributed by atoms with Crippen molar-refractivity contribution in [3.8, 4) is 0 Å². The van der Waals surface area contributed by atoms with Gasteiger partial charge in [0.2, 0.25) is 0 Å². The minimum atomic E-state index is -3.24. The molecule has 162 valence electrons. The van der Waals surface area contributed by atoms with E-state index in [-0.39, 0.29) is 29.4 Å². The smallest absolute Gasteiger partial charge is 0.257 e. The van der Waals surface area contributed by atoms with E-state index in [1.807, 2.05) is 36.6 Å². The third-order valence-corrected chi connectivity index (χ3v) is 7.26. The number of nitrogens with one attached hydrogen (secondary N) is 1. The standard InChI is InChI=1S/C22H23N3O4S2/c1-15(16-7-9-17(10-8-16)31(2,27)28)23-14-22(26)25-19(20-5-3-11-29-20)13-18(24-25)21-6-4-12-30-21/h3-12,15,19,23H,13-14H2,1-2H3/t15-,19+/m0/s1. The molecule has 3 heterocycles. The highest BCUT2D eigenvalue weighted by Gasteiger charge is 2.35. The number of carbonyl (C=O) groups is 1. The first-order valence-electron chi connectivity index (χ1n) is 9.83. The SMILES string of the molecule is C[C@H](NCC(=O)N1N=C(c2cccs2)C[C@@H]1c1ccco1)c1ccc(S(C)(=O)=O)cc1. The first kappa shape index (κ1) is 21.5. The lowest BCUT2D eigenvalue weighted by atomic mass is 10.1. The van der Waals surface area contributed by atoms with Gasteiger partial charge in [-0.3, -0.25) is 4.79 Å². The molecule has 4 rings (SSSR count). The molecule has 0 spiro atoms. The van der Waals surface area contributed by atoms with Crippen molar-refractivity contribution in [1.82, 2.24) is 10.3 Å². The molecule has 2 atom stereocenters. The van der Waals surface area contributed by atoms with Crippen LogP contribution in [0.1, 0.15) is 41.6 Å². The Balaban J connectivity index is 1.45. The van der Waals surface area contributed by atoms with Crippen LogP contribution in [0.25, 0.3) is 0 Å². The Morgan fingerprint density at radius 1 is 1.26 bits per heavy atom. The first-order chi connectivity index (χ1) is 14.8. The van der Waals surface area contributed by atoms with Gasteiger partial charge < -0.3 is 9.73 Å². The van der Waals surface area contributed by atoms with Gasteiger partial charge in [0.15, 0.2) is 9.84 Å². The molecule has 2 aromatic heterocycles. The molecule has 0 saturated heterocycles. The van der Waals surface area contributed by atoms with Gasteiger partial charge in [0.05, 0.1) is 28.3 Å². The van der Waals surface area contributed by atoms with E-state index >= 15 is 0 Å². The molecule has 0 aliphatic carbocycles. The molecule has 0 fully saturated rings. The molecule has 7 nitrogen and oxygen atoms in total. The number of sulfone groups is 1. The largest absolute Gasteiger partial charge is 0.467 e. The highest BCUT2D eigenvalue weighted by Crippen LogP contribution is 2.34. The molecule has 1 aliphatic heterocycles. The highest BCUT2D eigenvalue weighted by atomic mass is 32.2. The van der Waals surface area contributed by atoms with Crippen LogP contribution in [0.2, 0.25) is 0 Å². The van der Waals surface area contributed by atoms with E-state index in [2.05, 4.69) is 10.4 Å². The molecule has 1 N–H and O–H groups in total. The second kappa shape index (κ2) is 8.78. The van der Waals surface area contributed by atoms with Crippen molar-refractivity contribution >= 4 is 32.8 Å². The number of nitrogens with zero attached hydrogens (tertiary/aromatic N) is 2. The summed E-state index contributed by atoms with van der Waals surface area (Å²) in [6.45, 7) is 2.02. The van der Waals surface area contributed by atoms with Crippen LogP contribution in [-0.2, 0) is 14.6 Å². The Morgan fingerprint density at radius 3 is 2.65 bits per heavy atom. The monoisotopic (exact) mass is 457 g/mol. The average Bonchev–Trinajstić information content (AvgIpc) is 3.51. The predicted octanol–water partition coefficient (Wildman–Crippen LogP) is 3.77. The zero-order valence-corrected chi connectivity index (χ0v) is 18.8. The van der Waals surface area contributed by atoms with E-state index in [0.29, 0.717) is 12.2 Å². The maximum Gasteiger partial charge on any atom is 0.257 e. The van der Waals surface area contributed by atoms with Crippen LogP contribution >= 0.6 is 11.3 Å². The highest BCUT2D eigenvalue weighted by molar-refractivity contribution is 7.90. The third kappa shape index (κ3) is 4.79. The summed E-state index contributed by atoms with van der Waals surface area (Å²) >= 11 is 1.59. The summed E-state index contributed by atoms with van der Waals surface area (Å²) in [5.74, 6) is 0.542. The molecule has 1 aliphatic rings. The van der Waals surface area contributed by atoms with Gasteiger partial charge in [-0.05, 0) is 48.2 Å². The number of amides is 1. The van der Waals surface area contributed by atoms with Gasteiger partial charge in [0.25, 0.3) is 5.91 Å². The van der Waals surface area contributed by atoms with Crippen LogP contribution in [0.15, 0.2) is 74.6 Å². The number of rotatable bonds is 7.